The average molecular weight is 334 g/mol. The molecule has 2 N–H and O–H groups in total. The number of imidazole rings is 1. The normalized spacial score (nSPS) is 17.3. The Hall–Kier alpha value is -2.66. The number of nitrogens with one attached hydrogen (secondary N) is 2. The van der Waals surface area contributed by atoms with Crippen LogP contribution in [-0.4, -0.2) is 39.9 Å². The Morgan fingerprint density at radius 3 is 2.96 bits per heavy atom. The third-order valence-corrected chi connectivity index (χ3v) is 4.82. The fourth-order valence-corrected chi connectivity index (χ4v) is 3.39. The van der Waals surface area contributed by atoms with Crippen LogP contribution in [0.4, 0.5) is 0 Å². The van der Waals surface area contributed by atoms with Crippen LogP contribution in [0.2, 0.25) is 0 Å². The van der Waals surface area contributed by atoms with Crippen LogP contribution in [0, 0.1) is 0 Å². The molecule has 2 aromatic carbocycles. The number of benzene rings is 2. The Kier molecular flexibility index (Phi) is 4.48. The molecule has 0 radical (unpaired) electrons. The summed E-state index contributed by atoms with van der Waals surface area (Å²) in [5.74, 6) is 0.217. The number of rotatable bonds is 5. The average Bonchev–Trinajstić information content (AvgIpc) is 3.29. The van der Waals surface area contributed by atoms with Crippen LogP contribution >= 0.6 is 0 Å². The Bertz CT molecular complexity index is 858. The Labute approximate surface area is 147 Å². The van der Waals surface area contributed by atoms with E-state index in [2.05, 4.69) is 27.4 Å². The van der Waals surface area contributed by atoms with Crippen molar-refractivity contribution >= 4 is 16.9 Å². The summed E-state index contributed by atoms with van der Waals surface area (Å²) in [6.07, 6.45) is 3.21. The summed E-state index contributed by atoms with van der Waals surface area (Å²) < 4.78 is 0. The number of likely N-dealkylation sites (tertiary alicyclic amines) is 1. The molecule has 1 aromatic heterocycles. The van der Waals surface area contributed by atoms with Crippen molar-refractivity contribution in [2.75, 3.05) is 13.1 Å². The summed E-state index contributed by atoms with van der Waals surface area (Å²) in [4.78, 5) is 21.8. The van der Waals surface area contributed by atoms with E-state index in [0.29, 0.717) is 12.5 Å². The van der Waals surface area contributed by atoms with E-state index in [1.54, 1.807) is 6.33 Å². The first-order valence-electron chi connectivity index (χ1n) is 8.75. The minimum Gasteiger partial charge on any atom is -0.345 e. The molecule has 1 aliphatic rings. The molecule has 3 aromatic rings. The lowest BCUT2D eigenvalue weighted by Crippen LogP contribution is -2.35. The standard InChI is InChI=1S/C20H22N4O/c25-20(11-15-4-2-1-3-5-15)24-9-8-17(13-24)21-12-16-6-7-18-19(10-16)23-14-22-18/h1-7,10,14,17,21H,8-9,11-13H2,(H,22,23). The topological polar surface area (TPSA) is 61.0 Å². The van der Waals surface area contributed by atoms with Crippen LogP contribution in [0.15, 0.2) is 54.9 Å². The number of aromatic nitrogens is 2. The van der Waals surface area contributed by atoms with Crippen molar-refractivity contribution in [3.63, 3.8) is 0 Å². The highest BCUT2D eigenvalue weighted by molar-refractivity contribution is 5.79. The van der Waals surface area contributed by atoms with E-state index in [1.807, 2.05) is 41.3 Å². The summed E-state index contributed by atoms with van der Waals surface area (Å²) in [5.41, 5.74) is 4.36. The smallest absolute Gasteiger partial charge is 0.227 e. The monoisotopic (exact) mass is 334 g/mol. The highest BCUT2D eigenvalue weighted by Crippen LogP contribution is 2.15. The van der Waals surface area contributed by atoms with Crippen molar-refractivity contribution in [3.05, 3.63) is 66.0 Å². The fourth-order valence-electron chi connectivity index (χ4n) is 3.39. The molecule has 1 unspecified atom stereocenters. The minimum atomic E-state index is 0.217. The van der Waals surface area contributed by atoms with Gasteiger partial charge in [-0.15, -0.1) is 0 Å². The van der Waals surface area contributed by atoms with Gasteiger partial charge in [0, 0.05) is 25.7 Å². The van der Waals surface area contributed by atoms with Gasteiger partial charge in [-0.1, -0.05) is 36.4 Å². The molecule has 5 heteroatoms. The number of hydrogen-bond acceptors (Lipinski definition) is 3. The second-order valence-corrected chi connectivity index (χ2v) is 6.62. The number of H-pyrrole nitrogens is 1. The maximum Gasteiger partial charge on any atom is 0.227 e. The molecule has 25 heavy (non-hydrogen) atoms. The summed E-state index contributed by atoms with van der Waals surface area (Å²) in [5, 5.41) is 3.58. The van der Waals surface area contributed by atoms with Gasteiger partial charge >= 0.3 is 0 Å². The van der Waals surface area contributed by atoms with Crippen molar-refractivity contribution in [1.29, 1.82) is 0 Å². The molecule has 0 saturated carbocycles. The van der Waals surface area contributed by atoms with E-state index in [-0.39, 0.29) is 5.91 Å². The second kappa shape index (κ2) is 7.07. The van der Waals surface area contributed by atoms with Gasteiger partial charge in [0.25, 0.3) is 0 Å². The first kappa shape index (κ1) is 15.8. The van der Waals surface area contributed by atoms with Crippen molar-refractivity contribution in [3.8, 4) is 0 Å². The molecule has 4 rings (SSSR count). The number of carbonyl (C=O) groups is 1. The summed E-state index contributed by atoms with van der Waals surface area (Å²) in [7, 11) is 0. The van der Waals surface area contributed by atoms with Gasteiger partial charge in [-0.25, -0.2) is 4.98 Å². The predicted octanol–water partition coefficient (Wildman–Crippen LogP) is 2.50. The van der Waals surface area contributed by atoms with Crippen LogP contribution in [0.5, 0.6) is 0 Å². The molecule has 1 atom stereocenters. The van der Waals surface area contributed by atoms with Crippen LogP contribution in [0.3, 0.4) is 0 Å². The third kappa shape index (κ3) is 3.72. The molecule has 5 nitrogen and oxygen atoms in total. The van der Waals surface area contributed by atoms with E-state index < -0.39 is 0 Å². The number of amides is 1. The van der Waals surface area contributed by atoms with Crippen LogP contribution in [0.25, 0.3) is 11.0 Å². The van der Waals surface area contributed by atoms with Crippen molar-refractivity contribution < 1.29 is 4.79 Å². The molecule has 0 aliphatic carbocycles. The third-order valence-electron chi connectivity index (χ3n) is 4.82. The highest BCUT2D eigenvalue weighted by Gasteiger charge is 2.25. The van der Waals surface area contributed by atoms with Gasteiger partial charge in [-0.05, 0) is 29.7 Å². The molecule has 1 amide bonds. The van der Waals surface area contributed by atoms with E-state index >= 15 is 0 Å². The lowest BCUT2D eigenvalue weighted by Gasteiger charge is -2.17. The number of carbonyl (C=O) groups excluding carboxylic acids is 1. The number of nitrogens with zero attached hydrogens (tertiary/aromatic N) is 2. The van der Waals surface area contributed by atoms with Crippen molar-refractivity contribution in [2.24, 2.45) is 0 Å². The van der Waals surface area contributed by atoms with Gasteiger partial charge in [0.1, 0.15) is 0 Å². The SMILES string of the molecule is O=C(Cc1ccccc1)N1CCC(NCc2ccc3nc[nH]c3c2)C1. The Morgan fingerprint density at radius 1 is 1.20 bits per heavy atom. The van der Waals surface area contributed by atoms with Crippen molar-refractivity contribution in [2.45, 2.75) is 25.4 Å². The van der Waals surface area contributed by atoms with Gasteiger partial charge in [-0.3, -0.25) is 4.79 Å². The Morgan fingerprint density at radius 2 is 2.08 bits per heavy atom. The van der Waals surface area contributed by atoms with E-state index in [0.717, 1.165) is 42.7 Å². The zero-order valence-electron chi connectivity index (χ0n) is 14.1. The molecule has 0 bridgehead atoms. The predicted molar refractivity (Wildman–Crippen MR) is 98.1 cm³/mol. The number of aromatic amines is 1. The van der Waals surface area contributed by atoms with Crippen LogP contribution < -0.4 is 5.32 Å². The quantitative estimate of drug-likeness (QED) is 0.754. The minimum absolute atomic E-state index is 0.217. The van der Waals surface area contributed by atoms with Gasteiger partial charge < -0.3 is 15.2 Å². The molecule has 1 aliphatic heterocycles. The van der Waals surface area contributed by atoms with Gasteiger partial charge in [0.2, 0.25) is 5.91 Å². The van der Waals surface area contributed by atoms with Gasteiger partial charge in [0.05, 0.1) is 23.8 Å². The zero-order chi connectivity index (χ0) is 17.1. The maximum absolute atomic E-state index is 12.4. The highest BCUT2D eigenvalue weighted by atomic mass is 16.2. The van der Waals surface area contributed by atoms with E-state index in [4.69, 9.17) is 0 Å². The van der Waals surface area contributed by atoms with Crippen LogP contribution in [0.1, 0.15) is 17.5 Å². The molecular formula is C20H22N4O. The molecule has 2 heterocycles. The lowest BCUT2D eigenvalue weighted by molar-refractivity contribution is -0.129. The summed E-state index contributed by atoms with van der Waals surface area (Å²) in [6, 6.07) is 16.6. The second-order valence-electron chi connectivity index (χ2n) is 6.62. The lowest BCUT2D eigenvalue weighted by atomic mass is 10.1. The van der Waals surface area contributed by atoms with Crippen LogP contribution in [-0.2, 0) is 17.8 Å². The summed E-state index contributed by atoms with van der Waals surface area (Å²) in [6.45, 7) is 2.43. The fraction of sp³-hybridized carbons (Fsp3) is 0.300. The molecule has 1 fully saturated rings. The van der Waals surface area contributed by atoms with E-state index in [9.17, 15) is 4.79 Å². The first-order valence-corrected chi connectivity index (χ1v) is 8.75. The van der Waals surface area contributed by atoms with E-state index in [1.165, 1.54) is 5.56 Å². The first-order chi connectivity index (χ1) is 12.3. The zero-order valence-corrected chi connectivity index (χ0v) is 14.1. The number of fused-ring (bicyclic) bond motifs is 1. The summed E-state index contributed by atoms with van der Waals surface area (Å²) >= 11 is 0. The van der Waals surface area contributed by atoms with Gasteiger partial charge in [-0.2, -0.15) is 0 Å². The number of hydrogen-bond donors (Lipinski definition) is 2. The molecular weight excluding hydrogens is 312 g/mol. The van der Waals surface area contributed by atoms with Gasteiger partial charge in [0.15, 0.2) is 0 Å². The molecule has 128 valence electrons. The Balaban J connectivity index is 1.29. The van der Waals surface area contributed by atoms with Crippen molar-refractivity contribution in [1.82, 2.24) is 20.2 Å². The maximum atomic E-state index is 12.4. The molecule has 1 saturated heterocycles. The molecule has 0 spiro atoms. The largest absolute Gasteiger partial charge is 0.345 e.